The monoisotopic (exact) mass is 267 g/mol. The fourth-order valence-corrected chi connectivity index (χ4v) is 2.72. The largest absolute Gasteiger partial charge is 0.378 e. The Bertz CT molecular complexity index is 551. The maximum Gasteiger partial charge on any atom is 0.0485 e. The zero-order valence-corrected chi connectivity index (χ0v) is 13.0. The Hall–Kier alpha value is -1.76. The van der Waals surface area contributed by atoms with Crippen molar-refractivity contribution in [3.8, 4) is 0 Å². The molecule has 0 aliphatic carbocycles. The van der Waals surface area contributed by atoms with Gasteiger partial charge in [-0.05, 0) is 44.4 Å². The summed E-state index contributed by atoms with van der Waals surface area (Å²) in [6.07, 6.45) is 2.30. The molecule has 1 nitrogen and oxygen atoms in total. The number of anilines is 1. The molecule has 1 N–H and O–H groups in total. The molecule has 2 aromatic rings. The molecule has 0 fully saturated rings. The molecular weight excluding hydrogens is 242 g/mol. The van der Waals surface area contributed by atoms with Gasteiger partial charge in [0.15, 0.2) is 0 Å². The van der Waals surface area contributed by atoms with E-state index < -0.39 is 0 Å². The summed E-state index contributed by atoms with van der Waals surface area (Å²) in [4.78, 5) is 0. The summed E-state index contributed by atoms with van der Waals surface area (Å²) in [7, 11) is 0. The Morgan fingerprint density at radius 3 is 2.30 bits per heavy atom. The average molecular weight is 267 g/mol. The first-order valence-electron chi connectivity index (χ1n) is 7.52. The van der Waals surface area contributed by atoms with E-state index in [1.807, 2.05) is 0 Å². The van der Waals surface area contributed by atoms with E-state index in [0.717, 1.165) is 6.42 Å². The van der Waals surface area contributed by atoms with Crippen molar-refractivity contribution in [1.29, 1.82) is 0 Å². The van der Waals surface area contributed by atoms with Gasteiger partial charge in [0.05, 0.1) is 0 Å². The molecule has 2 rings (SSSR count). The normalized spacial score (nSPS) is 12.2. The molecule has 20 heavy (non-hydrogen) atoms. The first-order valence-corrected chi connectivity index (χ1v) is 7.52. The summed E-state index contributed by atoms with van der Waals surface area (Å²) in [5.74, 6) is 0. The predicted octanol–water partition coefficient (Wildman–Crippen LogP) is 5.43. The van der Waals surface area contributed by atoms with Crippen molar-refractivity contribution >= 4 is 5.69 Å². The molecule has 2 aromatic carbocycles. The SMILES string of the molecule is CCCc1ccccc1NC(C)c1cc(C)cc(C)c1. The topological polar surface area (TPSA) is 12.0 Å². The molecular formula is C19H25N. The van der Waals surface area contributed by atoms with Crippen molar-refractivity contribution in [3.63, 3.8) is 0 Å². The molecule has 0 amide bonds. The van der Waals surface area contributed by atoms with Crippen molar-refractivity contribution in [2.45, 2.75) is 46.6 Å². The zero-order valence-electron chi connectivity index (χ0n) is 13.0. The highest BCUT2D eigenvalue weighted by Crippen LogP contribution is 2.24. The van der Waals surface area contributed by atoms with Crippen LogP contribution >= 0.6 is 0 Å². The van der Waals surface area contributed by atoms with Crippen LogP contribution in [0, 0.1) is 13.8 Å². The molecule has 106 valence electrons. The molecule has 0 bridgehead atoms. The van der Waals surface area contributed by atoms with Crippen molar-refractivity contribution in [2.75, 3.05) is 5.32 Å². The van der Waals surface area contributed by atoms with Crippen LogP contribution in [0.5, 0.6) is 0 Å². The van der Waals surface area contributed by atoms with Gasteiger partial charge < -0.3 is 5.32 Å². The number of para-hydroxylation sites is 1. The van der Waals surface area contributed by atoms with Crippen LogP contribution in [0.25, 0.3) is 0 Å². The highest BCUT2D eigenvalue weighted by Gasteiger charge is 2.08. The predicted molar refractivity (Wildman–Crippen MR) is 88.4 cm³/mol. The average Bonchev–Trinajstić information content (AvgIpc) is 2.40. The minimum absolute atomic E-state index is 0.326. The van der Waals surface area contributed by atoms with E-state index in [2.05, 4.69) is 75.5 Å². The van der Waals surface area contributed by atoms with E-state index in [0.29, 0.717) is 6.04 Å². The Morgan fingerprint density at radius 1 is 1.00 bits per heavy atom. The molecule has 0 spiro atoms. The first-order chi connectivity index (χ1) is 9.60. The standard InChI is InChI=1S/C19H25N/c1-5-8-17-9-6-7-10-19(17)20-16(4)18-12-14(2)11-15(3)13-18/h6-7,9-13,16,20H,5,8H2,1-4H3. The second-order valence-corrected chi connectivity index (χ2v) is 5.69. The Labute approximate surface area is 123 Å². The second kappa shape index (κ2) is 6.60. The van der Waals surface area contributed by atoms with Crippen LogP contribution < -0.4 is 5.32 Å². The minimum atomic E-state index is 0.326. The van der Waals surface area contributed by atoms with Gasteiger partial charge in [0.25, 0.3) is 0 Å². The summed E-state index contributed by atoms with van der Waals surface area (Å²) in [5.41, 5.74) is 6.69. The van der Waals surface area contributed by atoms with Gasteiger partial charge in [0.1, 0.15) is 0 Å². The van der Waals surface area contributed by atoms with Gasteiger partial charge in [-0.15, -0.1) is 0 Å². The van der Waals surface area contributed by atoms with Crippen LogP contribution in [-0.2, 0) is 6.42 Å². The van der Waals surface area contributed by atoms with Gasteiger partial charge in [-0.1, -0.05) is 60.9 Å². The Balaban J connectivity index is 2.21. The van der Waals surface area contributed by atoms with E-state index in [-0.39, 0.29) is 0 Å². The van der Waals surface area contributed by atoms with Crippen molar-refractivity contribution in [3.05, 3.63) is 64.7 Å². The maximum absolute atomic E-state index is 3.67. The zero-order chi connectivity index (χ0) is 14.5. The third-order valence-electron chi connectivity index (χ3n) is 3.65. The van der Waals surface area contributed by atoms with Gasteiger partial charge >= 0.3 is 0 Å². The van der Waals surface area contributed by atoms with E-state index >= 15 is 0 Å². The maximum atomic E-state index is 3.67. The van der Waals surface area contributed by atoms with E-state index in [1.54, 1.807) is 0 Å². The number of aryl methyl sites for hydroxylation is 3. The van der Waals surface area contributed by atoms with E-state index in [4.69, 9.17) is 0 Å². The van der Waals surface area contributed by atoms with Crippen LogP contribution in [0.15, 0.2) is 42.5 Å². The van der Waals surface area contributed by atoms with Crippen molar-refractivity contribution < 1.29 is 0 Å². The Kier molecular flexibility index (Phi) is 4.84. The van der Waals surface area contributed by atoms with Gasteiger partial charge in [0, 0.05) is 11.7 Å². The van der Waals surface area contributed by atoms with E-state index in [1.165, 1.54) is 34.4 Å². The number of rotatable bonds is 5. The highest BCUT2D eigenvalue weighted by atomic mass is 14.9. The fraction of sp³-hybridized carbons (Fsp3) is 0.368. The fourth-order valence-electron chi connectivity index (χ4n) is 2.72. The summed E-state index contributed by atoms with van der Waals surface area (Å²) < 4.78 is 0. The molecule has 0 saturated heterocycles. The van der Waals surface area contributed by atoms with Crippen LogP contribution in [0.3, 0.4) is 0 Å². The molecule has 0 heterocycles. The summed E-state index contributed by atoms with van der Waals surface area (Å²) >= 11 is 0. The third-order valence-corrected chi connectivity index (χ3v) is 3.65. The lowest BCUT2D eigenvalue weighted by molar-refractivity contribution is 0.864. The van der Waals surface area contributed by atoms with Gasteiger partial charge in [0.2, 0.25) is 0 Å². The molecule has 0 saturated carbocycles. The summed E-state index contributed by atoms with van der Waals surface area (Å²) in [6.45, 7) is 8.78. The smallest absolute Gasteiger partial charge is 0.0485 e. The summed E-state index contributed by atoms with van der Waals surface area (Å²) in [6, 6.07) is 15.7. The minimum Gasteiger partial charge on any atom is -0.378 e. The lowest BCUT2D eigenvalue weighted by Crippen LogP contribution is -2.09. The van der Waals surface area contributed by atoms with Gasteiger partial charge in [-0.3, -0.25) is 0 Å². The first kappa shape index (κ1) is 14.6. The van der Waals surface area contributed by atoms with Gasteiger partial charge in [-0.25, -0.2) is 0 Å². The van der Waals surface area contributed by atoms with Crippen LogP contribution in [-0.4, -0.2) is 0 Å². The molecule has 1 heteroatoms. The molecule has 0 aliphatic rings. The highest BCUT2D eigenvalue weighted by molar-refractivity contribution is 5.53. The molecule has 1 atom stereocenters. The number of benzene rings is 2. The van der Waals surface area contributed by atoms with Crippen LogP contribution in [0.2, 0.25) is 0 Å². The molecule has 0 radical (unpaired) electrons. The lowest BCUT2D eigenvalue weighted by atomic mass is 10.0. The lowest BCUT2D eigenvalue weighted by Gasteiger charge is -2.19. The number of hydrogen-bond donors (Lipinski definition) is 1. The number of nitrogens with one attached hydrogen (secondary N) is 1. The van der Waals surface area contributed by atoms with Crippen molar-refractivity contribution in [1.82, 2.24) is 0 Å². The second-order valence-electron chi connectivity index (χ2n) is 5.69. The quantitative estimate of drug-likeness (QED) is 0.761. The van der Waals surface area contributed by atoms with Gasteiger partial charge in [-0.2, -0.15) is 0 Å². The third kappa shape index (κ3) is 3.63. The van der Waals surface area contributed by atoms with E-state index in [9.17, 15) is 0 Å². The summed E-state index contributed by atoms with van der Waals surface area (Å²) in [5, 5.41) is 3.67. The van der Waals surface area contributed by atoms with Crippen LogP contribution in [0.1, 0.15) is 48.6 Å². The molecule has 1 unspecified atom stereocenters. The Morgan fingerprint density at radius 2 is 1.65 bits per heavy atom. The van der Waals surface area contributed by atoms with Crippen LogP contribution in [0.4, 0.5) is 5.69 Å². The molecule has 0 aromatic heterocycles. The molecule has 0 aliphatic heterocycles. The van der Waals surface area contributed by atoms with Crippen molar-refractivity contribution in [2.24, 2.45) is 0 Å². The number of hydrogen-bond acceptors (Lipinski definition) is 1.